The van der Waals surface area contributed by atoms with Crippen molar-refractivity contribution in [2.45, 2.75) is 19.4 Å². The van der Waals surface area contributed by atoms with E-state index in [4.69, 9.17) is 0 Å². The largest absolute Gasteiger partial charge is 0.356 e. The van der Waals surface area contributed by atoms with E-state index in [1.54, 1.807) is 23.9 Å². The van der Waals surface area contributed by atoms with Crippen LogP contribution in [0.5, 0.6) is 0 Å². The number of hydrogen-bond donors (Lipinski definition) is 1. The van der Waals surface area contributed by atoms with Crippen LogP contribution in [0.1, 0.15) is 12.5 Å². The van der Waals surface area contributed by atoms with Crippen molar-refractivity contribution >= 4 is 28.2 Å². The molecule has 0 spiro atoms. The maximum Gasteiger partial charge on any atom is 0.160 e. The maximum absolute atomic E-state index is 4.39. The molecule has 19 heavy (non-hydrogen) atoms. The van der Waals surface area contributed by atoms with Crippen LogP contribution >= 0.6 is 11.3 Å². The van der Waals surface area contributed by atoms with E-state index in [0.717, 1.165) is 23.3 Å². The minimum atomic E-state index is 0.364. The van der Waals surface area contributed by atoms with E-state index >= 15 is 0 Å². The van der Waals surface area contributed by atoms with E-state index in [1.165, 1.54) is 5.56 Å². The van der Waals surface area contributed by atoms with Crippen molar-refractivity contribution in [3.05, 3.63) is 34.9 Å². The number of nitrogens with one attached hydrogen (secondary N) is 1. The lowest BCUT2D eigenvalue weighted by Gasteiger charge is -2.26. The van der Waals surface area contributed by atoms with E-state index in [0.29, 0.717) is 6.04 Å². The summed E-state index contributed by atoms with van der Waals surface area (Å²) in [7, 11) is 2.06. The molecular formula is C13H15N5S. The molecule has 0 aromatic carbocycles. The number of rotatable bonds is 4. The third-order valence-corrected chi connectivity index (χ3v) is 4.07. The van der Waals surface area contributed by atoms with E-state index in [-0.39, 0.29) is 0 Å². The van der Waals surface area contributed by atoms with Gasteiger partial charge in [0.2, 0.25) is 0 Å². The molecule has 0 aliphatic heterocycles. The van der Waals surface area contributed by atoms with Crippen LogP contribution < -0.4 is 4.90 Å². The summed E-state index contributed by atoms with van der Waals surface area (Å²) in [6.45, 7) is 2.20. The Morgan fingerprint density at radius 3 is 3.11 bits per heavy atom. The molecular weight excluding hydrogens is 258 g/mol. The predicted molar refractivity (Wildman–Crippen MR) is 77.6 cm³/mol. The number of anilines is 1. The fourth-order valence-electron chi connectivity index (χ4n) is 2.13. The number of thiophene rings is 1. The van der Waals surface area contributed by atoms with Gasteiger partial charge in [-0.1, -0.05) is 0 Å². The van der Waals surface area contributed by atoms with Crippen molar-refractivity contribution < 1.29 is 0 Å². The second kappa shape index (κ2) is 4.97. The zero-order chi connectivity index (χ0) is 13.2. The molecule has 0 saturated heterocycles. The van der Waals surface area contributed by atoms with E-state index in [2.05, 4.69) is 55.9 Å². The third kappa shape index (κ3) is 2.31. The average Bonchev–Trinajstić information content (AvgIpc) is 3.07. The van der Waals surface area contributed by atoms with Gasteiger partial charge in [0.25, 0.3) is 0 Å². The molecule has 3 aromatic heterocycles. The second-order valence-electron chi connectivity index (χ2n) is 4.63. The third-order valence-electron chi connectivity index (χ3n) is 3.33. The minimum Gasteiger partial charge on any atom is -0.356 e. The van der Waals surface area contributed by atoms with Crippen LogP contribution in [-0.4, -0.2) is 33.3 Å². The summed E-state index contributed by atoms with van der Waals surface area (Å²) in [6.07, 6.45) is 4.35. The van der Waals surface area contributed by atoms with Crippen molar-refractivity contribution in [1.29, 1.82) is 0 Å². The van der Waals surface area contributed by atoms with Gasteiger partial charge in [0.1, 0.15) is 12.1 Å². The van der Waals surface area contributed by atoms with Crippen molar-refractivity contribution in [3.63, 3.8) is 0 Å². The van der Waals surface area contributed by atoms with Crippen LogP contribution in [-0.2, 0) is 6.42 Å². The molecule has 6 heteroatoms. The molecule has 0 aliphatic rings. The number of fused-ring (bicyclic) bond motifs is 1. The van der Waals surface area contributed by atoms with Crippen molar-refractivity contribution in [2.75, 3.05) is 11.9 Å². The Labute approximate surface area is 115 Å². The minimum absolute atomic E-state index is 0.364. The first-order valence-electron chi connectivity index (χ1n) is 6.13. The summed E-state index contributed by atoms with van der Waals surface area (Å²) in [5.74, 6) is 0.918. The molecule has 0 aliphatic carbocycles. The first-order valence-corrected chi connectivity index (χ1v) is 7.08. The van der Waals surface area contributed by atoms with Gasteiger partial charge in [0.15, 0.2) is 5.65 Å². The first-order chi connectivity index (χ1) is 9.25. The number of nitrogens with zero attached hydrogens (tertiary/aromatic N) is 4. The molecule has 1 unspecified atom stereocenters. The summed E-state index contributed by atoms with van der Waals surface area (Å²) < 4.78 is 0. The van der Waals surface area contributed by atoms with E-state index in [1.807, 2.05) is 0 Å². The zero-order valence-electron chi connectivity index (χ0n) is 10.9. The van der Waals surface area contributed by atoms with Gasteiger partial charge in [0, 0.05) is 13.1 Å². The molecule has 1 atom stereocenters. The van der Waals surface area contributed by atoms with Crippen LogP contribution in [0.25, 0.3) is 11.0 Å². The smallest absolute Gasteiger partial charge is 0.160 e. The van der Waals surface area contributed by atoms with E-state index in [9.17, 15) is 0 Å². The highest BCUT2D eigenvalue weighted by Crippen LogP contribution is 2.22. The lowest BCUT2D eigenvalue weighted by Crippen LogP contribution is -2.31. The molecule has 3 aromatic rings. The lowest BCUT2D eigenvalue weighted by atomic mass is 10.1. The Morgan fingerprint density at radius 2 is 2.32 bits per heavy atom. The Balaban J connectivity index is 1.86. The van der Waals surface area contributed by atoms with Gasteiger partial charge in [-0.3, -0.25) is 5.10 Å². The quantitative estimate of drug-likeness (QED) is 0.793. The van der Waals surface area contributed by atoms with E-state index < -0.39 is 0 Å². The van der Waals surface area contributed by atoms with Crippen molar-refractivity contribution in [3.8, 4) is 0 Å². The number of aromatic amines is 1. The van der Waals surface area contributed by atoms with Crippen molar-refractivity contribution in [2.24, 2.45) is 0 Å². The standard InChI is InChI=1S/C13H15N5S/c1-9(5-10-3-4-19-7-10)18(2)13-11-6-16-17-12(11)14-8-15-13/h3-4,6-9H,5H2,1-2H3,(H,14,15,16,17). The zero-order valence-corrected chi connectivity index (χ0v) is 11.7. The number of hydrogen-bond acceptors (Lipinski definition) is 5. The summed E-state index contributed by atoms with van der Waals surface area (Å²) in [5, 5.41) is 12.2. The first kappa shape index (κ1) is 12.1. The Hall–Kier alpha value is -1.95. The van der Waals surface area contributed by atoms with Crippen LogP contribution in [0, 0.1) is 0 Å². The monoisotopic (exact) mass is 273 g/mol. The van der Waals surface area contributed by atoms with Gasteiger partial charge in [-0.2, -0.15) is 16.4 Å². The fraction of sp³-hybridized carbons (Fsp3) is 0.308. The Bertz CT molecular complexity index is 661. The predicted octanol–water partition coefficient (Wildman–Crippen LogP) is 2.48. The second-order valence-corrected chi connectivity index (χ2v) is 5.41. The van der Waals surface area contributed by atoms with Crippen LogP contribution in [0.3, 0.4) is 0 Å². The topological polar surface area (TPSA) is 57.7 Å². The molecule has 0 bridgehead atoms. The maximum atomic E-state index is 4.39. The number of H-pyrrole nitrogens is 1. The summed E-state index contributed by atoms with van der Waals surface area (Å²) in [6, 6.07) is 2.53. The Kier molecular flexibility index (Phi) is 3.16. The Morgan fingerprint density at radius 1 is 1.42 bits per heavy atom. The molecule has 3 heterocycles. The number of aromatic nitrogens is 4. The van der Waals surface area contributed by atoms with Gasteiger partial charge in [-0.15, -0.1) is 0 Å². The van der Waals surface area contributed by atoms with Gasteiger partial charge >= 0.3 is 0 Å². The van der Waals surface area contributed by atoms with Gasteiger partial charge in [-0.05, 0) is 35.7 Å². The highest BCUT2D eigenvalue weighted by Gasteiger charge is 2.16. The number of likely N-dealkylation sites (N-methyl/N-ethyl adjacent to an activating group) is 1. The molecule has 1 N–H and O–H groups in total. The lowest BCUT2D eigenvalue weighted by molar-refractivity contribution is 0.677. The fourth-order valence-corrected chi connectivity index (χ4v) is 2.81. The van der Waals surface area contributed by atoms with Crippen LogP contribution in [0.2, 0.25) is 0 Å². The van der Waals surface area contributed by atoms with Gasteiger partial charge < -0.3 is 4.90 Å². The SMILES string of the molecule is CC(Cc1ccsc1)N(C)c1ncnc2[nH]ncc12. The normalized spacial score (nSPS) is 12.7. The van der Waals surface area contributed by atoms with Gasteiger partial charge in [0.05, 0.1) is 11.6 Å². The summed E-state index contributed by atoms with van der Waals surface area (Å²) in [4.78, 5) is 10.7. The molecule has 98 valence electrons. The van der Waals surface area contributed by atoms with Crippen LogP contribution in [0.15, 0.2) is 29.4 Å². The van der Waals surface area contributed by atoms with Crippen LogP contribution in [0.4, 0.5) is 5.82 Å². The highest BCUT2D eigenvalue weighted by atomic mass is 32.1. The molecule has 0 radical (unpaired) electrons. The average molecular weight is 273 g/mol. The molecule has 3 rings (SSSR count). The molecule has 0 fully saturated rings. The molecule has 5 nitrogen and oxygen atoms in total. The molecule has 0 amide bonds. The highest BCUT2D eigenvalue weighted by molar-refractivity contribution is 7.07. The van der Waals surface area contributed by atoms with Crippen molar-refractivity contribution in [1.82, 2.24) is 20.2 Å². The van der Waals surface area contributed by atoms with Gasteiger partial charge in [-0.25, -0.2) is 9.97 Å². The summed E-state index contributed by atoms with van der Waals surface area (Å²) in [5.41, 5.74) is 2.14. The molecule has 0 saturated carbocycles. The summed E-state index contributed by atoms with van der Waals surface area (Å²) >= 11 is 1.73.